The van der Waals surface area contributed by atoms with Gasteiger partial charge in [-0.25, -0.2) is 4.58 Å². The SMILES string of the molecule is Cl/C(=C\C=[N+]1CCOCC1)N1CCOCC1.[Cl-]. The van der Waals surface area contributed by atoms with Crippen LogP contribution in [0.4, 0.5) is 0 Å². The molecule has 0 aromatic carbocycles. The van der Waals surface area contributed by atoms with Crippen LogP contribution in [0.3, 0.4) is 0 Å². The average molecular weight is 281 g/mol. The van der Waals surface area contributed by atoms with Crippen LogP contribution >= 0.6 is 11.6 Å². The summed E-state index contributed by atoms with van der Waals surface area (Å²) in [4.78, 5) is 2.14. The first-order valence-electron chi connectivity index (χ1n) is 5.71. The molecule has 2 heterocycles. The maximum atomic E-state index is 6.22. The van der Waals surface area contributed by atoms with Gasteiger partial charge < -0.3 is 26.8 Å². The van der Waals surface area contributed by atoms with Gasteiger partial charge in [-0.2, -0.15) is 0 Å². The van der Waals surface area contributed by atoms with E-state index in [1.165, 1.54) is 0 Å². The predicted octanol–water partition coefficient (Wildman–Crippen LogP) is -2.48. The van der Waals surface area contributed by atoms with Crippen LogP contribution in [0.5, 0.6) is 0 Å². The highest BCUT2D eigenvalue weighted by Gasteiger charge is 2.13. The van der Waals surface area contributed by atoms with Gasteiger partial charge in [0.05, 0.1) is 13.2 Å². The Morgan fingerprint density at radius 2 is 1.65 bits per heavy atom. The van der Waals surface area contributed by atoms with E-state index >= 15 is 0 Å². The molecule has 0 aromatic rings. The van der Waals surface area contributed by atoms with E-state index in [1.54, 1.807) is 0 Å². The fourth-order valence-electron chi connectivity index (χ4n) is 1.78. The van der Waals surface area contributed by atoms with Crippen molar-refractivity contribution in [2.24, 2.45) is 0 Å². The van der Waals surface area contributed by atoms with Crippen LogP contribution < -0.4 is 12.4 Å². The van der Waals surface area contributed by atoms with Gasteiger partial charge in [0.2, 0.25) is 0 Å². The Balaban J connectivity index is 0.00000144. The van der Waals surface area contributed by atoms with Crippen LogP contribution in [0.25, 0.3) is 0 Å². The van der Waals surface area contributed by atoms with Crippen LogP contribution in [0.2, 0.25) is 0 Å². The van der Waals surface area contributed by atoms with Gasteiger partial charge in [0.1, 0.15) is 18.4 Å². The van der Waals surface area contributed by atoms with Crippen molar-refractivity contribution in [3.8, 4) is 0 Å². The summed E-state index contributed by atoms with van der Waals surface area (Å²) in [6, 6.07) is 0. The summed E-state index contributed by atoms with van der Waals surface area (Å²) >= 11 is 6.22. The van der Waals surface area contributed by atoms with Crippen molar-refractivity contribution in [2.45, 2.75) is 0 Å². The van der Waals surface area contributed by atoms with Crippen LogP contribution in [0, 0.1) is 0 Å². The van der Waals surface area contributed by atoms with Crippen molar-refractivity contribution in [1.82, 2.24) is 4.90 Å². The molecule has 0 saturated carbocycles. The second-order valence-corrected chi connectivity index (χ2v) is 4.27. The third-order valence-electron chi connectivity index (χ3n) is 2.78. The highest BCUT2D eigenvalue weighted by molar-refractivity contribution is 6.30. The molecule has 17 heavy (non-hydrogen) atoms. The Bertz CT molecular complexity index is 281. The zero-order valence-electron chi connectivity index (χ0n) is 9.78. The monoisotopic (exact) mass is 280 g/mol. The van der Waals surface area contributed by atoms with Crippen molar-refractivity contribution in [3.05, 3.63) is 11.2 Å². The third-order valence-corrected chi connectivity index (χ3v) is 3.15. The minimum Gasteiger partial charge on any atom is -1.00 e. The Labute approximate surface area is 113 Å². The molecule has 2 rings (SSSR count). The van der Waals surface area contributed by atoms with Crippen molar-refractivity contribution < 1.29 is 26.5 Å². The maximum absolute atomic E-state index is 6.22. The fourth-order valence-corrected chi connectivity index (χ4v) is 2.00. The Hall–Kier alpha value is -0.290. The molecule has 98 valence electrons. The third kappa shape index (κ3) is 4.84. The minimum absolute atomic E-state index is 0. The lowest BCUT2D eigenvalue weighted by molar-refractivity contribution is -0.544. The van der Waals surface area contributed by atoms with Crippen LogP contribution in [-0.4, -0.2) is 68.3 Å². The summed E-state index contributed by atoms with van der Waals surface area (Å²) in [5, 5.41) is 0.801. The molecule has 4 nitrogen and oxygen atoms in total. The molecule has 0 bridgehead atoms. The smallest absolute Gasteiger partial charge is 0.166 e. The molecule has 0 atom stereocenters. The number of hydrogen-bond donors (Lipinski definition) is 0. The van der Waals surface area contributed by atoms with Crippen molar-refractivity contribution in [3.63, 3.8) is 0 Å². The summed E-state index contributed by atoms with van der Waals surface area (Å²) < 4.78 is 12.8. The van der Waals surface area contributed by atoms with Crippen LogP contribution in [0.1, 0.15) is 0 Å². The van der Waals surface area contributed by atoms with E-state index in [0.717, 1.165) is 57.8 Å². The van der Waals surface area contributed by atoms with Crippen LogP contribution in [0.15, 0.2) is 11.2 Å². The van der Waals surface area contributed by atoms with E-state index in [-0.39, 0.29) is 12.4 Å². The van der Waals surface area contributed by atoms with E-state index in [9.17, 15) is 0 Å². The lowest BCUT2D eigenvalue weighted by atomic mass is 10.4. The van der Waals surface area contributed by atoms with Gasteiger partial charge in [-0.1, -0.05) is 11.6 Å². The first-order valence-corrected chi connectivity index (χ1v) is 6.09. The van der Waals surface area contributed by atoms with Crippen molar-refractivity contribution >= 4 is 17.8 Å². The molecule has 2 saturated heterocycles. The molecule has 0 aliphatic carbocycles. The molecule has 6 heteroatoms. The second kappa shape index (κ2) is 7.93. The number of ether oxygens (including phenoxy) is 2. The number of morpholine rings is 2. The summed E-state index contributed by atoms with van der Waals surface area (Å²) in [7, 11) is 0. The first kappa shape index (κ1) is 14.8. The Morgan fingerprint density at radius 3 is 2.29 bits per heavy atom. The first-order chi connectivity index (χ1) is 7.86. The molecule has 0 amide bonds. The number of hydrogen-bond acceptors (Lipinski definition) is 3. The largest absolute Gasteiger partial charge is 1.00 e. The lowest BCUT2D eigenvalue weighted by Gasteiger charge is -2.27. The zero-order chi connectivity index (χ0) is 11.2. The summed E-state index contributed by atoms with van der Waals surface area (Å²) in [6.45, 7) is 6.80. The molecular formula is C11H18Cl2N2O2. The molecule has 0 aromatic heterocycles. The molecular weight excluding hydrogens is 263 g/mol. The van der Waals surface area contributed by atoms with Gasteiger partial charge in [-0.3, -0.25) is 0 Å². The van der Waals surface area contributed by atoms with Gasteiger partial charge in [-0.05, 0) is 0 Å². The molecule has 2 aliphatic rings. The molecule has 2 fully saturated rings. The fraction of sp³-hybridized carbons (Fsp3) is 0.727. The van der Waals surface area contributed by atoms with E-state index in [1.807, 2.05) is 6.08 Å². The number of halogens is 2. The zero-order valence-corrected chi connectivity index (χ0v) is 11.3. The normalized spacial score (nSPS) is 22.1. The summed E-state index contributed by atoms with van der Waals surface area (Å²) in [6.07, 6.45) is 4.03. The average Bonchev–Trinajstić information content (AvgIpc) is 2.38. The highest BCUT2D eigenvalue weighted by atomic mass is 35.5. The van der Waals surface area contributed by atoms with E-state index in [4.69, 9.17) is 21.1 Å². The Kier molecular flexibility index (Phi) is 6.89. The van der Waals surface area contributed by atoms with Gasteiger partial charge in [0, 0.05) is 19.2 Å². The standard InChI is InChI=1S/C11H18ClN2O2.ClH/c12-11(14-5-9-16-10-6-14)1-2-13-3-7-15-8-4-13;/h1-2H,3-10H2;1H/q+1;/p-1. The number of allylic oxidation sites excluding steroid dienone is 1. The topological polar surface area (TPSA) is 24.7 Å². The summed E-state index contributed by atoms with van der Waals surface area (Å²) in [5.74, 6) is 0. The molecule has 2 aliphatic heterocycles. The number of nitrogens with zero attached hydrogens (tertiary/aromatic N) is 2. The van der Waals surface area contributed by atoms with Crippen molar-refractivity contribution in [2.75, 3.05) is 52.6 Å². The van der Waals surface area contributed by atoms with Crippen LogP contribution in [-0.2, 0) is 9.47 Å². The predicted molar refractivity (Wildman–Crippen MR) is 63.2 cm³/mol. The summed E-state index contributed by atoms with van der Waals surface area (Å²) in [5.41, 5.74) is 0. The molecule has 0 spiro atoms. The van der Waals surface area contributed by atoms with E-state index < -0.39 is 0 Å². The molecule has 0 N–H and O–H groups in total. The maximum Gasteiger partial charge on any atom is 0.166 e. The lowest BCUT2D eigenvalue weighted by Crippen LogP contribution is -3.00. The quantitative estimate of drug-likeness (QED) is 0.414. The van der Waals surface area contributed by atoms with Gasteiger partial charge >= 0.3 is 0 Å². The minimum atomic E-state index is 0. The number of rotatable bonds is 2. The van der Waals surface area contributed by atoms with Crippen molar-refractivity contribution in [1.29, 1.82) is 0 Å². The second-order valence-electron chi connectivity index (χ2n) is 3.89. The van der Waals surface area contributed by atoms with Gasteiger partial charge in [0.15, 0.2) is 19.3 Å². The molecule has 0 unspecified atom stereocenters. The molecule has 0 radical (unpaired) electrons. The van der Waals surface area contributed by atoms with E-state index in [0.29, 0.717) is 0 Å². The van der Waals surface area contributed by atoms with Gasteiger partial charge in [-0.15, -0.1) is 0 Å². The highest BCUT2D eigenvalue weighted by Crippen LogP contribution is 2.10. The van der Waals surface area contributed by atoms with E-state index in [2.05, 4.69) is 15.7 Å². The Morgan fingerprint density at radius 1 is 1.06 bits per heavy atom. The van der Waals surface area contributed by atoms with Gasteiger partial charge in [0.25, 0.3) is 0 Å².